The molecule has 18 heavy (non-hydrogen) atoms. The van der Waals surface area contributed by atoms with Crippen LogP contribution < -0.4 is 0 Å². The molecule has 1 rings (SSSR count). The second kappa shape index (κ2) is 6.12. The molecule has 0 aromatic carbocycles. The Morgan fingerprint density at radius 1 is 1.11 bits per heavy atom. The zero-order valence-corrected chi connectivity index (χ0v) is 13.8. The van der Waals surface area contributed by atoms with Crippen LogP contribution in [-0.2, 0) is 4.74 Å². The van der Waals surface area contributed by atoms with Crippen LogP contribution in [-0.4, -0.2) is 60.1 Å². The SMILES string of the molecule is CC(C)C(C)(C)OC(C)(S)CN1CCN(C)CC1. The summed E-state index contributed by atoms with van der Waals surface area (Å²) in [7, 11) is 2.18. The van der Waals surface area contributed by atoms with Crippen molar-refractivity contribution < 1.29 is 4.74 Å². The van der Waals surface area contributed by atoms with Crippen molar-refractivity contribution in [3.8, 4) is 0 Å². The summed E-state index contributed by atoms with van der Waals surface area (Å²) < 4.78 is 6.23. The van der Waals surface area contributed by atoms with Crippen molar-refractivity contribution in [2.75, 3.05) is 39.8 Å². The second-order valence-electron chi connectivity index (χ2n) is 6.61. The number of likely N-dealkylation sites (N-methyl/N-ethyl adjacent to an activating group) is 1. The molecule has 0 aromatic heterocycles. The molecule has 0 aromatic rings. The van der Waals surface area contributed by atoms with Gasteiger partial charge in [0.15, 0.2) is 0 Å². The summed E-state index contributed by atoms with van der Waals surface area (Å²) in [6, 6.07) is 0. The van der Waals surface area contributed by atoms with Crippen molar-refractivity contribution in [3.63, 3.8) is 0 Å². The Hall–Kier alpha value is 0.230. The maximum Gasteiger partial charge on any atom is 0.121 e. The van der Waals surface area contributed by atoms with Crippen LogP contribution in [0.4, 0.5) is 0 Å². The number of piperazine rings is 1. The molecule has 1 aliphatic rings. The maximum absolute atomic E-state index is 6.23. The van der Waals surface area contributed by atoms with E-state index in [9.17, 15) is 0 Å². The number of ether oxygens (including phenoxy) is 1. The lowest BCUT2D eigenvalue weighted by atomic mass is 9.94. The van der Waals surface area contributed by atoms with E-state index in [1.165, 1.54) is 0 Å². The van der Waals surface area contributed by atoms with Gasteiger partial charge in [-0.2, -0.15) is 0 Å². The van der Waals surface area contributed by atoms with Crippen LogP contribution >= 0.6 is 12.6 Å². The topological polar surface area (TPSA) is 15.7 Å². The third-order valence-corrected chi connectivity index (χ3v) is 4.22. The zero-order chi connectivity index (χ0) is 14.0. The van der Waals surface area contributed by atoms with Gasteiger partial charge in [0, 0.05) is 32.7 Å². The third-order valence-electron chi connectivity index (χ3n) is 3.99. The van der Waals surface area contributed by atoms with E-state index in [1.54, 1.807) is 0 Å². The van der Waals surface area contributed by atoms with Crippen molar-refractivity contribution in [2.45, 2.75) is 45.2 Å². The molecule has 0 aliphatic carbocycles. The molecule has 0 radical (unpaired) electrons. The van der Waals surface area contributed by atoms with Gasteiger partial charge in [0.05, 0.1) is 5.60 Å². The van der Waals surface area contributed by atoms with E-state index >= 15 is 0 Å². The standard InChI is InChI=1S/C14H30N2OS/c1-12(2)13(3,4)17-14(5,18)11-16-9-7-15(6)8-10-16/h12,18H,7-11H2,1-6H3. The van der Waals surface area contributed by atoms with E-state index in [1.807, 2.05) is 0 Å². The Kier molecular flexibility index (Phi) is 5.54. The summed E-state index contributed by atoms with van der Waals surface area (Å²) in [5.74, 6) is 0.483. The van der Waals surface area contributed by atoms with Crippen LogP contribution in [0, 0.1) is 5.92 Å². The van der Waals surface area contributed by atoms with Crippen LogP contribution in [0.2, 0.25) is 0 Å². The van der Waals surface area contributed by atoms with Gasteiger partial charge >= 0.3 is 0 Å². The van der Waals surface area contributed by atoms with Crippen molar-refractivity contribution in [1.29, 1.82) is 0 Å². The molecular weight excluding hydrogens is 244 g/mol. The molecule has 0 amide bonds. The van der Waals surface area contributed by atoms with Gasteiger partial charge in [-0.15, -0.1) is 12.6 Å². The first-order valence-corrected chi connectivity index (χ1v) is 7.40. The van der Waals surface area contributed by atoms with E-state index in [2.05, 4.69) is 51.5 Å². The largest absolute Gasteiger partial charge is 0.357 e. The van der Waals surface area contributed by atoms with E-state index in [4.69, 9.17) is 17.4 Å². The van der Waals surface area contributed by atoms with E-state index in [0.717, 1.165) is 32.7 Å². The summed E-state index contributed by atoms with van der Waals surface area (Å²) in [5.41, 5.74) is -0.136. The average Bonchev–Trinajstić information content (AvgIpc) is 2.19. The predicted molar refractivity (Wildman–Crippen MR) is 81.3 cm³/mol. The lowest BCUT2D eigenvalue weighted by Crippen LogP contribution is -2.51. The van der Waals surface area contributed by atoms with E-state index in [0.29, 0.717) is 5.92 Å². The number of nitrogens with zero attached hydrogens (tertiary/aromatic N) is 2. The molecule has 108 valence electrons. The Balaban J connectivity index is 2.49. The highest BCUT2D eigenvalue weighted by Crippen LogP contribution is 2.30. The van der Waals surface area contributed by atoms with Gasteiger partial charge in [-0.25, -0.2) is 0 Å². The van der Waals surface area contributed by atoms with E-state index < -0.39 is 0 Å². The minimum Gasteiger partial charge on any atom is -0.357 e. The Morgan fingerprint density at radius 3 is 2.06 bits per heavy atom. The molecule has 0 bridgehead atoms. The predicted octanol–water partition coefficient (Wildman–Crippen LogP) is 2.33. The molecule has 1 aliphatic heterocycles. The minimum atomic E-state index is -0.385. The fourth-order valence-corrected chi connectivity index (χ4v) is 2.57. The Morgan fingerprint density at radius 2 is 1.61 bits per heavy atom. The monoisotopic (exact) mass is 274 g/mol. The number of rotatable bonds is 5. The van der Waals surface area contributed by atoms with Crippen LogP contribution in [0.25, 0.3) is 0 Å². The molecule has 0 N–H and O–H groups in total. The number of hydrogen-bond acceptors (Lipinski definition) is 4. The van der Waals surface area contributed by atoms with Gasteiger partial charge in [0.1, 0.15) is 4.93 Å². The molecule has 1 heterocycles. The Labute approximate surface area is 118 Å². The minimum absolute atomic E-state index is 0.136. The molecule has 0 spiro atoms. The first-order chi connectivity index (χ1) is 8.12. The van der Waals surface area contributed by atoms with Crippen molar-refractivity contribution in [1.82, 2.24) is 9.80 Å². The highest BCUT2D eigenvalue weighted by molar-refractivity contribution is 7.81. The van der Waals surface area contributed by atoms with Gasteiger partial charge in [-0.05, 0) is 33.7 Å². The molecule has 1 fully saturated rings. The summed E-state index contributed by atoms with van der Waals surface area (Å²) >= 11 is 4.73. The van der Waals surface area contributed by atoms with Gasteiger partial charge in [0.25, 0.3) is 0 Å². The van der Waals surface area contributed by atoms with Crippen molar-refractivity contribution in [2.24, 2.45) is 5.92 Å². The lowest BCUT2D eigenvalue weighted by Gasteiger charge is -2.42. The second-order valence-corrected chi connectivity index (χ2v) is 7.56. The molecule has 1 atom stereocenters. The fourth-order valence-electron chi connectivity index (χ4n) is 2.14. The number of thiol groups is 1. The highest BCUT2D eigenvalue weighted by Gasteiger charge is 2.34. The van der Waals surface area contributed by atoms with Crippen LogP contribution in [0.1, 0.15) is 34.6 Å². The van der Waals surface area contributed by atoms with Gasteiger partial charge in [-0.1, -0.05) is 13.8 Å². The van der Waals surface area contributed by atoms with Crippen LogP contribution in [0.15, 0.2) is 0 Å². The quantitative estimate of drug-likeness (QED) is 0.612. The lowest BCUT2D eigenvalue weighted by molar-refractivity contribution is -0.117. The summed E-state index contributed by atoms with van der Waals surface area (Å²) in [6.45, 7) is 16.1. The first kappa shape index (κ1) is 16.3. The molecule has 4 heteroatoms. The van der Waals surface area contributed by atoms with Crippen LogP contribution in [0.3, 0.4) is 0 Å². The average molecular weight is 274 g/mol. The van der Waals surface area contributed by atoms with Crippen LogP contribution in [0.5, 0.6) is 0 Å². The fraction of sp³-hybridized carbons (Fsp3) is 1.00. The first-order valence-electron chi connectivity index (χ1n) is 6.96. The molecular formula is C14H30N2OS. The summed E-state index contributed by atoms with van der Waals surface area (Å²) in [4.78, 5) is 4.43. The summed E-state index contributed by atoms with van der Waals surface area (Å²) in [5, 5.41) is 0. The smallest absolute Gasteiger partial charge is 0.121 e. The molecule has 1 unspecified atom stereocenters. The van der Waals surface area contributed by atoms with Crippen molar-refractivity contribution >= 4 is 12.6 Å². The molecule has 3 nitrogen and oxygen atoms in total. The zero-order valence-electron chi connectivity index (χ0n) is 12.9. The van der Waals surface area contributed by atoms with Gasteiger partial charge in [0.2, 0.25) is 0 Å². The highest BCUT2D eigenvalue weighted by atomic mass is 32.1. The van der Waals surface area contributed by atoms with Gasteiger partial charge < -0.3 is 9.64 Å². The summed E-state index contributed by atoms with van der Waals surface area (Å²) in [6.07, 6.45) is 0. The third kappa shape index (κ3) is 5.08. The molecule has 1 saturated heterocycles. The van der Waals surface area contributed by atoms with Crippen molar-refractivity contribution in [3.05, 3.63) is 0 Å². The van der Waals surface area contributed by atoms with E-state index in [-0.39, 0.29) is 10.5 Å². The Bertz CT molecular complexity index is 259. The maximum atomic E-state index is 6.23. The normalized spacial score (nSPS) is 23.3. The van der Waals surface area contributed by atoms with Gasteiger partial charge in [-0.3, -0.25) is 4.90 Å². The number of hydrogen-bond donors (Lipinski definition) is 1. The molecule has 0 saturated carbocycles.